The van der Waals surface area contributed by atoms with E-state index >= 15 is 0 Å². The van der Waals surface area contributed by atoms with Crippen LogP contribution in [0, 0.1) is 0 Å². The molecule has 0 bridgehead atoms. The molecule has 1 aliphatic rings. The molecule has 6 nitrogen and oxygen atoms in total. The van der Waals surface area contributed by atoms with E-state index in [1.54, 1.807) is 0 Å². The summed E-state index contributed by atoms with van der Waals surface area (Å²) in [6.07, 6.45) is 6.05. The van der Waals surface area contributed by atoms with Crippen LogP contribution in [0.1, 0.15) is 25.3 Å². The number of nitrogens with zero attached hydrogens (tertiary/aromatic N) is 5. The first-order valence-electron chi connectivity index (χ1n) is 9.60. The zero-order valence-corrected chi connectivity index (χ0v) is 15.7. The first-order chi connectivity index (χ1) is 13.3. The van der Waals surface area contributed by atoms with Crippen LogP contribution in [0.15, 0.2) is 59.4 Å². The zero-order valence-electron chi connectivity index (χ0n) is 15.7. The molecule has 1 unspecified atom stereocenters. The molecule has 1 atom stereocenters. The molecule has 1 aromatic carbocycles. The fourth-order valence-electron chi connectivity index (χ4n) is 3.70. The van der Waals surface area contributed by atoms with E-state index in [0.29, 0.717) is 17.9 Å². The number of aromatic nitrogens is 3. The molecule has 1 aliphatic heterocycles. The Balaban J connectivity index is 1.45. The van der Waals surface area contributed by atoms with Crippen molar-refractivity contribution in [1.82, 2.24) is 20.0 Å². The zero-order chi connectivity index (χ0) is 18.5. The number of hydrogen-bond donors (Lipinski definition) is 0. The smallest absolute Gasteiger partial charge is 0.266 e. The fraction of sp³-hybridized carbons (Fsp3) is 0.381. The summed E-state index contributed by atoms with van der Waals surface area (Å²) < 4.78 is 5.50. The van der Waals surface area contributed by atoms with Crippen LogP contribution >= 0.6 is 0 Å². The van der Waals surface area contributed by atoms with Crippen LogP contribution in [0.25, 0.3) is 11.5 Å². The maximum Gasteiger partial charge on any atom is 0.266 e. The van der Waals surface area contributed by atoms with Gasteiger partial charge in [0.15, 0.2) is 0 Å². The van der Waals surface area contributed by atoms with Crippen LogP contribution in [0.3, 0.4) is 0 Å². The van der Waals surface area contributed by atoms with Gasteiger partial charge in [0, 0.05) is 43.6 Å². The standard InChI is InChI=1S/C21H25N5O/c1-2-25(15-17-10-12-22-13-11-17)19-9-6-14-26(16-19)21-23-20(27-24-21)18-7-4-3-5-8-18/h3-5,7-8,10-13,19H,2,6,9,14-16H2,1H3. The molecule has 140 valence electrons. The lowest BCUT2D eigenvalue weighted by Gasteiger charge is -2.38. The van der Waals surface area contributed by atoms with Gasteiger partial charge in [-0.25, -0.2) is 0 Å². The summed E-state index contributed by atoms with van der Waals surface area (Å²) in [6, 6.07) is 14.6. The third-order valence-corrected chi connectivity index (χ3v) is 5.17. The molecule has 4 rings (SSSR count). The maximum absolute atomic E-state index is 5.50. The highest BCUT2D eigenvalue weighted by Gasteiger charge is 2.27. The Morgan fingerprint density at radius 3 is 2.74 bits per heavy atom. The molecule has 0 amide bonds. The van der Waals surface area contributed by atoms with Gasteiger partial charge in [0.05, 0.1) is 0 Å². The first-order valence-corrected chi connectivity index (χ1v) is 9.60. The minimum atomic E-state index is 0.482. The summed E-state index contributed by atoms with van der Waals surface area (Å²) in [5.41, 5.74) is 2.26. The highest BCUT2D eigenvalue weighted by atomic mass is 16.5. The molecule has 0 N–H and O–H groups in total. The molecule has 2 aromatic heterocycles. The minimum Gasteiger partial charge on any atom is -0.337 e. The van der Waals surface area contributed by atoms with Gasteiger partial charge >= 0.3 is 0 Å². The van der Waals surface area contributed by atoms with Crippen molar-refractivity contribution in [1.29, 1.82) is 0 Å². The average Bonchev–Trinajstić information content (AvgIpc) is 3.24. The van der Waals surface area contributed by atoms with Gasteiger partial charge in [0.25, 0.3) is 11.8 Å². The van der Waals surface area contributed by atoms with E-state index in [1.807, 2.05) is 42.7 Å². The number of benzene rings is 1. The van der Waals surface area contributed by atoms with E-state index in [9.17, 15) is 0 Å². The van der Waals surface area contributed by atoms with E-state index in [-0.39, 0.29) is 0 Å². The summed E-state index contributed by atoms with van der Waals surface area (Å²) in [7, 11) is 0. The Morgan fingerprint density at radius 1 is 1.15 bits per heavy atom. The molecule has 1 saturated heterocycles. The van der Waals surface area contributed by atoms with Gasteiger partial charge in [0.1, 0.15) is 0 Å². The molecular weight excluding hydrogens is 338 g/mol. The number of likely N-dealkylation sites (N-methyl/N-ethyl adjacent to an activating group) is 1. The van der Waals surface area contributed by atoms with Gasteiger partial charge in [-0.05, 0) is 54.4 Å². The number of anilines is 1. The van der Waals surface area contributed by atoms with Gasteiger partial charge in [-0.15, -0.1) is 0 Å². The SMILES string of the molecule is CCN(Cc1ccncc1)C1CCCN(c2noc(-c3ccccc3)n2)C1. The molecular formula is C21H25N5O. The van der Waals surface area contributed by atoms with Gasteiger partial charge in [-0.1, -0.05) is 25.1 Å². The molecule has 0 radical (unpaired) electrons. The number of hydrogen-bond acceptors (Lipinski definition) is 6. The molecule has 3 heterocycles. The normalized spacial score (nSPS) is 17.4. The van der Waals surface area contributed by atoms with Crippen molar-refractivity contribution in [3.8, 4) is 11.5 Å². The highest BCUT2D eigenvalue weighted by Crippen LogP contribution is 2.24. The van der Waals surface area contributed by atoms with Gasteiger partial charge < -0.3 is 9.42 Å². The van der Waals surface area contributed by atoms with Gasteiger partial charge in [0.2, 0.25) is 0 Å². The fourth-order valence-corrected chi connectivity index (χ4v) is 3.70. The summed E-state index contributed by atoms with van der Waals surface area (Å²) in [5, 5.41) is 4.23. The van der Waals surface area contributed by atoms with Crippen molar-refractivity contribution in [2.45, 2.75) is 32.4 Å². The van der Waals surface area contributed by atoms with E-state index in [2.05, 4.69) is 44.0 Å². The summed E-state index contributed by atoms with van der Waals surface area (Å²) >= 11 is 0. The Kier molecular flexibility index (Phi) is 5.44. The second-order valence-corrected chi connectivity index (χ2v) is 6.93. The molecule has 1 fully saturated rings. The van der Waals surface area contributed by atoms with Crippen LogP contribution in [-0.2, 0) is 6.54 Å². The van der Waals surface area contributed by atoms with E-state index in [1.165, 1.54) is 12.0 Å². The molecule has 27 heavy (non-hydrogen) atoms. The maximum atomic E-state index is 5.50. The lowest BCUT2D eigenvalue weighted by Crippen LogP contribution is -2.48. The lowest BCUT2D eigenvalue weighted by atomic mass is 10.0. The number of pyridine rings is 1. The van der Waals surface area contributed by atoms with E-state index in [4.69, 9.17) is 4.52 Å². The summed E-state index contributed by atoms with van der Waals surface area (Å²) in [5.74, 6) is 1.27. The minimum absolute atomic E-state index is 0.482. The monoisotopic (exact) mass is 363 g/mol. The van der Waals surface area contributed by atoms with Gasteiger partial charge in [-0.2, -0.15) is 4.98 Å². The Hall–Kier alpha value is -2.73. The van der Waals surface area contributed by atoms with Crippen molar-refractivity contribution in [3.63, 3.8) is 0 Å². The van der Waals surface area contributed by atoms with Crippen molar-refractivity contribution in [2.24, 2.45) is 0 Å². The largest absolute Gasteiger partial charge is 0.337 e. The Morgan fingerprint density at radius 2 is 1.96 bits per heavy atom. The summed E-state index contributed by atoms with van der Waals surface area (Å²) in [4.78, 5) is 13.5. The molecule has 3 aromatic rings. The molecule has 0 spiro atoms. The van der Waals surface area contributed by atoms with Crippen LogP contribution in [0.5, 0.6) is 0 Å². The summed E-state index contributed by atoms with van der Waals surface area (Å²) in [6.45, 7) is 6.08. The van der Waals surface area contributed by atoms with Crippen LogP contribution in [0.2, 0.25) is 0 Å². The highest BCUT2D eigenvalue weighted by molar-refractivity contribution is 5.54. The Bertz CT molecular complexity index is 836. The third kappa shape index (κ3) is 4.17. The second kappa shape index (κ2) is 8.31. The Labute approximate surface area is 159 Å². The third-order valence-electron chi connectivity index (χ3n) is 5.17. The van der Waals surface area contributed by atoms with Crippen molar-refractivity contribution >= 4 is 5.95 Å². The van der Waals surface area contributed by atoms with Crippen LogP contribution in [0.4, 0.5) is 5.95 Å². The lowest BCUT2D eigenvalue weighted by molar-refractivity contribution is 0.175. The second-order valence-electron chi connectivity index (χ2n) is 6.93. The van der Waals surface area contributed by atoms with E-state index in [0.717, 1.165) is 38.2 Å². The topological polar surface area (TPSA) is 58.3 Å². The number of piperidine rings is 1. The predicted molar refractivity (Wildman–Crippen MR) is 105 cm³/mol. The van der Waals surface area contributed by atoms with Crippen molar-refractivity contribution < 1.29 is 4.52 Å². The molecule has 0 saturated carbocycles. The van der Waals surface area contributed by atoms with Crippen molar-refractivity contribution in [2.75, 3.05) is 24.5 Å². The quantitative estimate of drug-likeness (QED) is 0.667. The molecule has 6 heteroatoms. The first kappa shape index (κ1) is 17.7. The van der Waals surface area contributed by atoms with Gasteiger partial charge in [-0.3, -0.25) is 9.88 Å². The van der Waals surface area contributed by atoms with Crippen molar-refractivity contribution in [3.05, 3.63) is 60.4 Å². The van der Waals surface area contributed by atoms with E-state index < -0.39 is 0 Å². The van der Waals surface area contributed by atoms with Crippen LogP contribution in [-0.4, -0.2) is 45.7 Å². The van der Waals surface area contributed by atoms with Crippen LogP contribution < -0.4 is 4.90 Å². The predicted octanol–water partition coefficient (Wildman–Crippen LogP) is 3.62. The molecule has 0 aliphatic carbocycles. The number of rotatable bonds is 6. The average molecular weight is 363 g/mol.